The Kier molecular flexibility index (Phi) is 4.10. The van der Waals surface area contributed by atoms with E-state index in [-0.39, 0.29) is 12.0 Å². The van der Waals surface area contributed by atoms with Crippen molar-refractivity contribution in [3.05, 3.63) is 29.5 Å². The summed E-state index contributed by atoms with van der Waals surface area (Å²) >= 11 is 0. The van der Waals surface area contributed by atoms with Crippen LogP contribution in [0.5, 0.6) is 11.5 Å². The first kappa shape index (κ1) is 14.9. The average molecular weight is 301 g/mol. The normalized spacial score (nSPS) is 20.1. The van der Waals surface area contributed by atoms with Gasteiger partial charge in [-0.1, -0.05) is 6.07 Å². The third-order valence-corrected chi connectivity index (χ3v) is 4.31. The minimum Gasteiger partial charge on any atom is -0.493 e. The summed E-state index contributed by atoms with van der Waals surface area (Å²) in [5.74, 6) is 1.95. The van der Waals surface area contributed by atoms with Crippen molar-refractivity contribution in [1.82, 2.24) is 4.90 Å². The lowest BCUT2D eigenvalue weighted by molar-refractivity contribution is -0.125. The molecule has 118 valence electrons. The number of piperidine rings is 3. The predicted octanol–water partition coefficient (Wildman–Crippen LogP) is 3.12. The highest BCUT2D eigenvalue weighted by Gasteiger charge is 2.36. The van der Waals surface area contributed by atoms with Gasteiger partial charge in [0.2, 0.25) is 0 Å². The van der Waals surface area contributed by atoms with Gasteiger partial charge in [0.1, 0.15) is 0 Å². The highest BCUT2D eigenvalue weighted by molar-refractivity contribution is 6.01. The van der Waals surface area contributed by atoms with Crippen LogP contribution in [0.3, 0.4) is 0 Å². The number of benzene rings is 1. The van der Waals surface area contributed by atoms with E-state index >= 15 is 0 Å². The summed E-state index contributed by atoms with van der Waals surface area (Å²) in [5.41, 5.74) is 1.83. The first-order chi connectivity index (χ1) is 10.6. The molecule has 0 saturated carbocycles. The van der Waals surface area contributed by atoms with Gasteiger partial charge in [0.25, 0.3) is 0 Å². The van der Waals surface area contributed by atoms with Gasteiger partial charge in [-0.3, -0.25) is 4.79 Å². The fourth-order valence-electron chi connectivity index (χ4n) is 3.20. The summed E-state index contributed by atoms with van der Waals surface area (Å²) in [4.78, 5) is 14.6. The molecule has 0 amide bonds. The molecule has 3 heterocycles. The van der Waals surface area contributed by atoms with E-state index in [4.69, 9.17) is 9.47 Å². The molecule has 0 aromatic heterocycles. The van der Waals surface area contributed by atoms with Gasteiger partial charge in [-0.25, -0.2) is 0 Å². The molecule has 0 radical (unpaired) electrons. The molecule has 3 aliphatic heterocycles. The molecule has 0 aliphatic carbocycles. The second-order valence-corrected chi connectivity index (χ2v) is 6.23. The monoisotopic (exact) mass is 301 g/mol. The van der Waals surface area contributed by atoms with Crippen LogP contribution in [0, 0.1) is 5.92 Å². The van der Waals surface area contributed by atoms with Crippen LogP contribution in [0.1, 0.15) is 32.3 Å². The Bertz CT molecular complexity index is 598. The largest absolute Gasteiger partial charge is 0.493 e. The zero-order chi connectivity index (χ0) is 15.7. The fraction of sp³-hybridized carbons (Fsp3) is 0.500. The third kappa shape index (κ3) is 2.82. The number of fused-ring (bicyclic) bond motifs is 3. The van der Waals surface area contributed by atoms with Crippen molar-refractivity contribution in [2.75, 3.05) is 20.2 Å². The molecule has 0 N–H and O–H groups in total. The van der Waals surface area contributed by atoms with Crippen molar-refractivity contribution in [1.29, 1.82) is 0 Å². The van der Waals surface area contributed by atoms with E-state index < -0.39 is 0 Å². The van der Waals surface area contributed by atoms with Crippen molar-refractivity contribution in [3.63, 3.8) is 0 Å². The molecular weight excluding hydrogens is 278 g/mol. The lowest BCUT2D eigenvalue weighted by atomic mass is 9.84. The van der Waals surface area contributed by atoms with E-state index in [0.29, 0.717) is 11.5 Å². The number of hydrogen-bond donors (Lipinski definition) is 0. The lowest BCUT2D eigenvalue weighted by Crippen LogP contribution is -2.45. The van der Waals surface area contributed by atoms with E-state index in [1.54, 1.807) is 7.11 Å². The number of allylic oxidation sites excluding steroid dienone is 1. The van der Waals surface area contributed by atoms with Gasteiger partial charge < -0.3 is 14.4 Å². The number of rotatable bonds is 4. The van der Waals surface area contributed by atoms with Crippen molar-refractivity contribution >= 4 is 11.9 Å². The Morgan fingerprint density at radius 2 is 1.95 bits per heavy atom. The van der Waals surface area contributed by atoms with Crippen LogP contribution in [-0.2, 0) is 4.79 Å². The molecule has 0 unspecified atom stereocenters. The Morgan fingerprint density at radius 3 is 2.55 bits per heavy atom. The van der Waals surface area contributed by atoms with Gasteiger partial charge in [0.05, 0.1) is 18.9 Å². The van der Waals surface area contributed by atoms with Crippen molar-refractivity contribution in [3.8, 4) is 11.5 Å². The maximum atomic E-state index is 12.4. The van der Waals surface area contributed by atoms with Crippen LogP contribution in [0.4, 0.5) is 0 Å². The summed E-state index contributed by atoms with van der Waals surface area (Å²) < 4.78 is 11.1. The number of carbonyl (C=O) groups is 1. The Balaban J connectivity index is 1.91. The van der Waals surface area contributed by atoms with Crippen molar-refractivity contribution < 1.29 is 14.3 Å². The number of carbonyl (C=O) groups excluding carboxylic acids is 1. The fourth-order valence-corrected chi connectivity index (χ4v) is 3.20. The minimum atomic E-state index is 0.0767. The van der Waals surface area contributed by atoms with Crippen LogP contribution < -0.4 is 9.47 Å². The number of ketones is 1. The maximum absolute atomic E-state index is 12.4. The molecule has 3 saturated heterocycles. The van der Waals surface area contributed by atoms with Crippen molar-refractivity contribution in [2.45, 2.75) is 32.8 Å². The Morgan fingerprint density at radius 1 is 1.23 bits per heavy atom. The minimum absolute atomic E-state index is 0.0767. The highest BCUT2D eigenvalue weighted by Crippen LogP contribution is 2.34. The molecule has 4 nitrogen and oxygen atoms in total. The molecule has 3 fully saturated rings. The van der Waals surface area contributed by atoms with Crippen molar-refractivity contribution in [2.24, 2.45) is 5.92 Å². The number of methoxy groups -OCH3 is 1. The smallest absolute Gasteiger partial charge is 0.182 e. The molecule has 1 aromatic carbocycles. The van der Waals surface area contributed by atoms with Crippen LogP contribution in [-0.4, -0.2) is 37.0 Å². The third-order valence-electron chi connectivity index (χ3n) is 4.31. The van der Waals surface area contributed by atoms with Gasteiger partial charge in [-0.15, -0.1) is 0 Å². The number of ether oxygens (including phenoxy) is 2. The maximum Gasteiger partial charge on any atom is 0.182 e. The zero-order valence-corrected chi connectivity index (χ0v) is 13.5. The summed E-state index contributed by atoms with van der Waals surface area (Å²) in [6, 6.07) is 5.81. The lowest BCUT2D eigenvalue weighted by Gasteiger charge is -2.41. The first-order valence-corrected chi connectivity index (χ1v) is 7.94. The van der Waals surface area contributed by atoms with Gasteiger partial charge in [0.15, 0.2) is 17.3 Å². The SMILES string of the molecule is COc1ccc(/C=C2/C(=O)C3CCN2CC3)cc1OC(C)C. The van der Waals surface area contributed by atoms with E-state index in [1.807, 2.05) is 38.1 Å². The molecule has 0 spiro atoms. The molecule has 4 heteroatoms. The molecule has 2 bridgehead atoms. The number of hydrogen-bond acceptors (Lipinski definition) is 4. The Hall–Kier alpha value is -1.97. The Labute approximate surface area is 131 Å². The van der Waals surface area contributed by atoms with Gasteiger partial charge >= 0.3 is 0 Å². The van der Waals surface area contributed by atoms with Gasteiger partial charge in [-0.2, -0.15) is 0 Å². The quantitative estimate of drug-likeness (QED) is 0.801. The molecule has 3 aliphatic rings. The van der Waals surface area contributed by atoms with Crippen LogP contribution in [0.2, 0.25) is 0 Å². The summed E-state index contributed by atoms with van der Waals surface area (Å²) in [6.07, 6.45) is 4.06. The van der Waals surface area contributed by atoms with Crippen LogP contribution in [0.15, 0.2) is 23.9 Å². The van der Waals surface area contributed by atoms with E-state index in [1.165, 1.54) is 0 Å². The standard InChI is InChI=1S/C18H23NO3/c1-12(2)22-17-11-13(4-5-16(17)21-3)10-15-18(20)14-6-8-19(15)9-7-14/h4-5,10-12,14H,6-9H2,1-3H3/b15-10-. The second kappa shape index (κ2) is 6.03. The predicted molar refractivity (Wildman–Crippen MR) is 86.0 cm³/mol. The molecule has 1 aromatic rings. The molecule has 0 atom stereocenters. The molecular formula is C18H23NO3. The second-order valence-electron chi connectivity index (χ2n) is 6.23. The molecule has 4 rings (SSSR count). The first-order valence-electron chi connectivity index (χ1n) is 7.94. The van der Waals surface area contributed by atoms with Gasteiger partial charge in [-0.05, 0) is 50.5 Å². The van der Waals surface area contributed by atoms with Crippen LogP contribution >= 0.6 is 0 Å². The summed E-state index contributed by atoms with van der Waals surface area (Å²) in [7, 11) is 1.63. The summed E-state index contributed by atoms with van der Waals surface area (Å²) in [6.45, 7) is 5.96. The van der Waals surface area contributed by atoms with E-state index in [2.05, 4.69) is 4.90 Å². The van der Waals surface area contributed by atoms with E-state index in [9.17, 15) is 4.79 Å². The topological polar surface area (TPSA) is 38.8 Å². The van der Waals surface area contributed by atoms with Gasteiger partial charge in [0, 0.05) is 19.0 Å². The summed E-state index contributed by atoms with van der Waals surface area (Å²) in [5, 5.41) is 0. The van der Waals surface area contributed by atoms with Crippen LogP contribution in [0.25, 0.3) is 6.08 Å². The number of Topliss-reactive ketones (excluding diaryl/α,β-unsaturated/α-hetero) is 1. The zero-order valence-electron chi connectivity index (χ0n) is 13.5. The highest BCUT2D eigenvalue weighted by atomic mass is 16.5. The molecule has 22 heavy (non-hydrogen) atoms. The average Bonchev–Trinajstić information content (AvgIpc) is 2.51. The van der Waals surface area contributed by atoms with E-state index in [0.717, 1.165) is 42.9 Å². The number of nitrogens with zero attached hydrogens (tertiary/aromatic N) is 1.